The van der Waals surface area contributed by atoms with Crippen LogP contribution in [0.25, 0.3) is 0 Å². The number of hydrogen-bond donors (Lipinski definition) is 7. The number of nitrogens with zero attached hydrogens (tertiary/aromatic N) is 1. The molecule has 2 heterocycles. The monoisotopic (exact) mass is 710 g/mol. The molecule has 0 radical (unpaired) electrons. The summed E-state index contributed by atoms with van der Waals surface area (Å²) in [5.41, 5.74) is 9.78. The minimum Gasteiger partial charge on any atom is -0.504 e. The van der Waals surface area contributed by atoms with Gasteiger partial charge in [-0.25, -0.2) is 0 Å². The summed E-state index contributed by atoms with van der Waals surface area (Å²) >= 11 is 0. The maximum absolute atomic E-state index is 11.2. The smallest absolute Gasteiger partial charge is 0.208 e. The molecule has 2 aliphatic heterocycles. The number of fused-ring (bicyclic) bond motifs is 2. The number of phenols is 1. The Labute approximate surface area is 305 Å². The molecule has 0 bridgehead atoms. The molecule has 10 nitrogen and oxygen atoms in total. The molecule has 1 aromatic rings. The molecule has 0 spiro atoms. The van der Waals surface area contributed by atoms with E-state index in [2.05, 4.69) is 11.4 Å². The van der Waals surface area contributed by atoms with Crippen molar-refractivity contribution in [2.24, 2.45) is 28.5 Å². The second-order valence-electron chi connectivity index (χ2n) is 15.4. The summed E-state index contributed by atoms with van der Waals surface area (Å²) in [5, 5.41) is 54.0. The van der Waals surface area contributed by atoms with Crippen LogP contribution < -0.4 is 15.8 Å². The zero-order valence-electron chi connectivity index (χ0n) is 30.7. The highest BCUT2D eigenvalue weighted by Crippen LogP contribution is 2.48. The first-order valence-corrected chi connectivity index (χ1v) is 19.7. The largest absolute Gasteiger partial charge is 0.504 e. The molecular weight excluding hydrogens is 646 g/mol. The van der Waals surface area contributed by atoms with E-state index in [4.69, 9.17) is 25.3 Å². The number of aliphatic imine (C=N–C) groups is 1. The molecule has 2 aliphatic carbocycles. The van der Waals surface area contributed by atoms with Crippen LogP contribution in [0, 0.1) is 29.8 Å². The number of benzene rings is 1. The van der Waals surface area contributed by atoms with Crippen molar-refractivity contribution < 1.29 is 35.0 Å². The SMILES string of the molecule is CC(O)CNCC1[C+]2C=C(C(O)COc3cc(CC[C-]4C=C(CO)C(CCCCCCC(N)CCCO)[OH+]4)ccc3O)N=C2CCC2CCCC21. The third kappa shape index (κ3) is 11.5. The first-order chi connectivity index (χ1) is 24.7. The van der Waals surface area contributed by atoms with Crippen LogP contribution in [-0.4, -0.2) is 93.2 Å². The maximum atomic E-state index is 11.2. The van der Waals surface area contributed by atoms with Gasteiger partial charge >= 0.3 is 0 Å². The van der Waals surface area contributed by atoms with Crippen LogP contribution in [-0.2, 0) is 6.42 Å². The number of ether oxygens (including phenoxy) is 2. The lowest BCUT2D eigenvalue weighted by Gasteiger charge is -2.26. The van der Waals surface area contributed by atoms with Crippen molar-refractivity contribution >= 4 is 5.71 Å². The zero-order chi connectivity index (χ0) is 36.2. The van der Waals surface area contributed by atoms with E-state index < -0.39 is 12.2 Å². The highest BCUT2D eigenvalue weighted by atomic mass is 16.5. The van der Waals surface area contributed by atoms with E-state index in [1.54, 1.807) is 13.0 Å². The van der Waals surface area contributed by atoms with Gasteiger partial charge in [0.2, 0.25) is 5.70 Å². The Bertz CT molecular complexity index is 1320. The van der Waals surface area contributed by atoms with Crippen LogP contribution in [0.4, 0.5) is 0 Å². The molecule has 2 fully saturated rings. The Balaban J connectivity index is 1.08. The zero-order valence-corrected chi connectivity index (χ0v) is 30.7. The van der Waals surface area contributed by atoms with Crippen molar-refractivity contribution in [2.75, 3.05) is 32.9 Å². The molecule has 5 rings (SSSR count). The maximum Gasteiger partial charge on any atom is 0.208 e. The van der Waals surface area contributed by atoms with E-state index >= 15 is 0 Å². The number of rotatable bonds is 22. The van der Waals surface area contributed by atoms with E-state index in [-0.39, 0.29) is 37.7 Å². The summed E-state index contributed by atoms with van der Waals surface area (Å²) in [6.45, 7) is 3.36. The molecule has 51 heavy (non-hydrogen) atoms. The molecule has 2 saturated carbocycles. The summed E-state index contributed by atoms with van der Waals surface area (Å²) in [7, 11) is 0. The fraction of sp³-hybridized carbons (Fsp3) is 0.683. The number of phenolic OH excluding ortho intramolecular Hbond substituents is 1. The summed E-state index contributed by atoms with van der Waals surface area (Å²) < 4.78 is 10.9. The molecule has 7 atom stereocenters. The van der Waals surface area contributed by atoms with Gasteiger partial charge in [-0.3, -0.25) is 0 Å². The number of aromatic hydroxyl groups is 1. The van der Waals surface area contributed by atoms with Gasteiger partial charge < -0.3 is 46.1 Å². The average Bonchev–Trinajstić information content (AvgIpc) is 3.85. The van der Waals surface area contributed by atoms with Crippen molar-refractivity contribution in [1.82, 2.24) is 5.32 Å². The van der Waals surface area contributed by atoms with Gasteiger partial charge in [-0.2, -0.15) is 0 Å². The predicted molar refractivity (Wildman–Crippen MR) is 201 cm³/mol. The Kier molecular flexibility index (Phi) is 15.6. The number of nitrogens with two attached hydrogens (primary N) is 1. The predicted octanol–water partition coefficient (Wildman–Crippen LogP) is 4.58. The van der Waals surface area contributed by atoms with Gasteiger partial charge in [0.25, 0.3) is 0 Å². The fourth-order valence-corrected chi connectivity index (χ4v) is 8.52. The standard InChI is InChI=1S/C41H63N3O7/c1-27(47)23-43-24-35-33-11-6-8-29(33)15-17-36-34(35)22-37(44-36)39(49)26-50-41-20-28(14-18-38(41)48)13-16-32-21-30(25-46)40(51-32)12-5-3-2-4-9-31(42)10-7-19-45/h14,18,20-22,27,29,31,33,35,39-40,43,45-47,49,51H,2-13,15-17,19,23-26,42H2,1H3/p+1. The Morgan fingerprint density at radius 3 is 2.73 bits per heavy atom. The van der Waals surface area contributed by atoms with Crippen LogP contribution in [0.5, 0.6) is 11.5 Å². The summed E-state index contributed by atoms with van der Waals surface area (Å²) in [6, 6.07) is 5.53. The minimum atomic E-state index is -0.924. The molecule has 10 heteroatoms. The molecule has 284 valence electrons. The van der Waals surface area contributed by atoms with Gasteiger partial charge in [0, 0.05) is 45.2 Å². The van der Waals surface area contributed by atoms with Gasteiger partial charge in [0.05, 0.1) is 18.1 Å². The molecule has 4 aliphatic rings. The number of allylic oxidation sites excluding steroid dienone is 1. The summed E-state index contributed by atoms with van der Waals surface area (Å²) in [6.07, 6.45) is 19.0. The molecule has 0 aromatic heterocycles. The highest BCUT2D eigenvalue weighted by Gasteiger charge is 2.49. The molecule has 9 N–H and O–H groups in total. The van der Waals surface area contributed by atoms with E-state index in [9.17, 15) is 20.4 Å². The summed E-state index contributed by atoms with van der Waals surface area (Å²) in [5.74, 6) is 3.21. The number of hydrogen-bond acceptors (Lipinski definition) is 9. The number of nitrogens with one attached hydrogen (secondary N) is 1. The molecular formula is C41H64N3O7+. The minimum absolute atomic E-state index is 0.0137. The quantitative estimate of drug-likeness (QED) is 0.0521. The van der Waals surface area contributed by atoms with E-state index in [1.165, 1.54) is 25.2 Å². The lowest BCUT2D eigenvalue weighted by molar-refractivity contribution is -0.0552. The van der Waals surface area contributed by atoms with E-state index in [0.717, 1.165) is 100 Å². The number of unbranched alkanes of at least 4 members (excludes halogenated alkanes) is 3. The highest BCUT2D eigenvalue weighted by molar-refractivity contribution is 6.03. The number of aliphatic hydroxyl groups is 6. The Hall–Kier alpha value is -2.57. The average molecular weight is 711 g/mol. The fourth-order valence-electron chi connectivity index (χ4n) is 8.52. The molecule has 0 saturated heterocycles. The van der Waals surface area contributed by atoms with E-state index in [0.29, 0.717) is 42.2 Å². The number of aryl methyl sites for hydroxylation is 1. The van der Waals surface area contributed by atoms with Crippen molar-refractivity contribution in [2.45, 2.75) is 128 Å². The molecule has 0 amide bonds. The second kappa shape index (κ2) is 20.0. The van der Waals surface area contributed by atoms with Crippen LogP contribution in [0.2, 0.25) is 0 Å². The molecule has 7 unspecified atom stereocenters. The van der Waals surface area contributed by atoms with Crippen LogP contribution in [0.15, 0.2) is 46.6 Å². The Morgan fingerprint density at radius 2 is 1.92 bits per heavy atom. The van der Waals surface area contributed by atoms with Gasteiger partial charge in [0.1, 0.15) is 30.4 Å². The number of aliphatic hydroxyl groups excluding tert-OH is 4. The Morgan fingerprint density at radius 1 is 1.10 bits per heavy atom. The third-order valence-electron chi connectivity index (χ3n) is 11.3. The van der Waals surface area contributed by atoms with Crippen molar-refractivity contribution in [3.05, 3.63) is 59.2 Å². The van der Waals surface area contributed by atoms with Gasteiger partial charge in [-0.1, -0.05) is 38.2 Å². The lowest BCUT2D eigenvalue weighted by Crippen LogP contribution is -2.36. The van der Waals surface area contributed by atoms with Gasteiger partial charge in [0.15, 0.2) is 17.6 Å². The van der Waals surface area contributed by atoms with Crippen LogP contribution >= 0.6 is 0 Å². The normalized spacial score (nSPS) is 24.8. The lowest BCUT2D eigenvalue weighted by atomic mass is 9.77. The van der Waals surface area contributed by atoms with E-state index in [1.807, 2.05) is 18.2 Å². The van der Waals surface area contributed by atoms with Crippen molar-refractivity contribution in [3.8, 4) is 11.5 Å². The van der Waals surface area contributed by atoms with Gasteiger partial charge in [-0.05, 0) is 87.8 Å². The summed E-state index contributed by atoms with van der Waals surface area (Å²) in [4.78, 5) is 4.91. The first kappa shape index (κ1) is 39.6. The van der Waals surface area contributed by atoms with Gasteiger partial charge in [-0.15, -0.1) is 16.6 Å². The van der Waals surface area contributed by atoms with Crippen molar-refractivity contribution in [1.29, 1.82) is 0 Å². The third-order valence-corrected chi connectivity index (χ3v) is 11.3. The van der Waals surface area contributed by atoms with Crippen LogP contribution in [0.3, 0.4) is 0 Å². The topological polar surface area (TPSA) is 174 Å². The van der Waals surface area contributed by atoms with Crippen molar-refractivity contribution in [3.63, 3.8) is 0 Å². The molecule has 1 aromatic carbocycles. The van der Waals surface area contributed by atoms with Crippen LogP contribution in [0.1, 0.15) is 102 Å². The second-order valence-corrected chi connectivity index (χ2v) is 15.4. The first-order valence-electron chi connectivity index (χ1n) is 19.7.